The predicted molar refractivity (Wildman–Crippen MR) is 129 cm³/mol. The van der Waals surface area contributed by atoms with Gasteiger partial charge in [-0.15, -0.1) is 0 Å². The summed E-state index contributed by atoms with van der Waals surface area (Å²) < 4.78 is 10.7. The van der Waals surface area contributed by atoms with Crippen molar-refractivity contribution in [1.82, 2.24) is 10.6 Å². The van der Waals surface area contributed by atoms with Gasteiger partial charge in [0.15, 0.2) is 0 Å². The van der Waals surface area contributed by atoms with Crippen molar-refractivity contribution in [3.63, 3.8) is 0 Å². The van der Waals surface area contributed by atoms with E-state index in [-0.39, 0.29) is 38.0 Å². The van der Waals surface area contributed by atoms with Gasteiger partial charge in [-0.25, -0.2) is 9.59 Å². The molecule has 0 heterocycles. The fraction of sp³-hybridized carbons (Fsp3) is 0.444. The largest absolute Gasteiger partial charge is 0.459 e. The maximum Gasteiger partial charge on any atom is 0.408 e. The number of hydrogen-bond donors (Lipinski definition) is 2. The molecule has 7 heteroatoms. The van der Waals surface area contributed by atoms with Gasteiger partial charge in [0, 0.05) is 12.5 Å². The zero-order chi connectivity index (χ0) is 24.2. The van der Waals surface area contributed by atoms with Crippen LogP contribution in [-0.4, -0.2) is 30.1 Å². The molecule has 0 unspecified atom stereocenters. The fourth-order valence-corrected chi connectivity index (χ4v) is 4.07. The van der Waals surface area contributed by atoms with Crippen LogP contribution in [0.3, 0.4) is 0 Å². The van der Waals surface area contributed by atoms with Gasteiger partial charge in [0.1, 0.15) is 19.3 Å². The molecule has 0 saturated heterocycles. The van der Waals surface area contributed by atoms with Crippen LogP contribution in [0.2, 0.25) is 0 Å². The molecule has 3 atom stereocenters. The van der Waals surface area contributed by atoms with Gasteiger partial charge in [0.25, 0.3) is 0 Å². The molecule has 1 aliphatic carbocycles. The van der Waals surface area contributed by atoms with Gasteiger partial charge in [-0.1, -0.05) is 80.4 Å². The Morgan fingerprint density at radius 3 is 2.09 bits per heavy atom. The highest BCUT2D eigenvalue weighted by atomic mass is 16.6. The molecule has 2 N–H and O–H groups in total. The van der Waals surface area contributed by atoms with Crippen LogP contribution in [0.5, 0.6) is 0 Å². The molecule has 7 nitrogen and oxygen atoms in total. The summed E-state index contributed by atoms with van der Waals surface area (Å²) in [6, 6.07) is 17.7. The summed E-state index contributed by atoms with van der Waals surface area (Å²) in [6.07, 6.45) is 3.88. The first-order valence-corrected chi connectivity index (χ1v) is 12.0. The number of amides is 2. The average Bonchev–Trinajstić information content (AvgIpc) is 2.86. The first-order chi connectivity index (χ1) is 16.5. The van der Waals surface area contributed by atoms with Gasteiger partial charge in [-0.3, -0.25) is 4.79 Å². The lowest BCUT2D eigenvalue weighted by Crippen LogP contribution is -2.44. The van der Waals surface area contributed by atoms with Crippen molar-refractivity contribution < 1.29 is 23.9 Å². The van der Waals surface area contributed by atoms with Crippen LogP contribution in [0.4, 0.5) is 4.79 Å². The molecule has 1 aliphatic rings. The zero-order valence-corrected chi connectivity index (χ0v) is 19.7. The van der Waals surface area contributed by atoms with E-state index in [2.05, 4.69) is 17.6 Å². The minimum Gasteiger partial charge on any atom is -0.459 e. The number of hydrogen-bond acceptors (Lipinski definition) is 5. The topological polar surface area (TPSA) is 93.7 Å². The van der Waals surface area contributed by atoms with E-state index in [0.29, 0.717) is 5.92 Å². The monoisotopic (exact) mass is 466 g/mol. The Labute approximate surface area is 201 Å². The highest BCUT2D eigenvalue weighted by Crippen LogP contribution is 2.23. The van der Waals surface area contributed by atoms with Crippen molar-refractivity contribution in [2.45, 2.75) is 70.7 Å². The Bertz CT molecular complexity index is 919. The molecular formula is C27H34N2O5. The molecule has 0 radical (unpaired) electrons. The lowest BCUT2D eigenvalue weighted by Gasteiger charge is -2.29. The SMILES string of the molecule is C[C@@H]1CCCC[C@@H]1NC(=O)CC[C@H](NC(=O)OCc1ccccc1)C(=O)OCc1ccccc1. The second-order valence-corrected chi connectivity index (χ2v) is 8.83. The zero-order valence-electron chi connectivity index (χ0n) is 19.7. The molecular weight excluding hydrogens is 432 g/mol. The van der Waals surface area contributed by atoms with Crippen LogP contribution in [0.15, 0.2) is 60.7 Å². The summed E-state index contributed by atoms with van der Waals surface area (Å²) in [4.78, 5) is 37.7. The molecule has 3 rings (SSSR count). The molecule has 34 heavy (non-hydrogen) atoms. The normalized spacial score (nSPS) is 18.4. The van der Waals surface area contributed by atoms with Crippen molar-refractivity contribution in [3.8, 4) is 0 Å². The molecule has 182 valence electrons. The molecule has 0 aliphatic heterocycles. The standard InChI is InChI=1S/C27H34N2O5/c1-20-10-8-9-15-23(20)28-25(30)17-16-24(26(31)33-18-21-11-4-2-5-12-21)29-27(32)34-19-22-13-6-3-7-14-22/h2-7,11-14,20,23-24H,8-10,15-19H2,1H3,(H,28,30)(H,29,32)/t20-,23+,24+/m1/s1. The minimum atomic E-state index is -0.985. The molecule has 2 aromatic carbocycles. The van der Waals surface area contributed by atoms with Gasteiger partial charge in [0.2, 0.25) is 5.91 Å². The van der Waals surface area contributed by atoms with Gasteiger partial charge in [-0.05, 0) is 36.3 Å². The van der Waals surface area contributed by atoms with Crippen molar-refractivity contribution in [1.29, 1.82) is 0 Å². The number of nitrogens with one attached hydrogen (secondary N) is 2. The van der Waals surface area contributed by atoms with Crippen molar-refractivity contribution in [2.75, 3.05) is 0 Å². The quantitative estimate of drug-likeness (QED) is 0.503. The van der Waals surface area contributed by atoms with E-state index in [1.54, 1.807) is 0 Å². The van der Waals surface area contributed by atoms with Crippen LogP contribution in [0, 0.1) is 5.92 Å². The average molecular weight is 467 g/mol. The van der Waals surface area contributed by atoms with Crippen LogP contribution in [-0.2, 0) is 32.3 Å². The van der Waals surface area contributed by atoms with Crippen LogP contribution < -0.4 is 10.6 Å². The van der Waals surface area contributed by atoms with E-state index in [1.165, 1.54) is 6.42 Å². The molecule has 0 spiro atoms. The van der Waals surface area contributed by atoms with Crippen molar-refractivity contribution >= 4 is 18.0 Å². The van der Waals surface area contributed by atoms with E-state index < -0.39 is 18.1 Å². The van der Waals surface area contributed by atoms with Crippen molar-refractivity contribution in [3.05, 3.63) is 71.8 Å². The summed E-state index contributed by atoms with van der Waals surface area (Å²) in [6.45, 7) is 2.32. The summed E-state index contributed by atoms with van der Waals surface area (Å²) in [5.74, 6) is -0.283. The third kappa shape index (κ3) is 8.54. The van der Waals surface area contributed by atoms with Crippen LogP contribution in [0.1, 0.15) is 56.6 Å². The summed E-state index contributed by atoms with van der Waals surface area (Å²) >= 11 is 0. The third-order valence-electron chi connectivity index (χ3n) is 6.13. The summed E-state index contributed by atoms with van der Waals surface area (Å²) in [7, 11) is 0. The van der Waals surface area contributed by atoms with Gasteiger partial charge >= 0.3 is 12.1 Å². The lowest BCUT2D eigenvalue weighted by molar-refractivity contribution is -0.147. The van der Waals surface area contributed by atoms with Gasteiger partial charge in [-0.2, -0.15) is 0 Å². The van der Waals surface area contributed by atoms with Gasteiger partial charge < -0.3 is 20.1 Å². The minimum absolute atomic E-state index is 0.0819. The van der Waals surface area contributed by atoms with E-state index in [4.69, 9.17) is 9.47 Å². The Morgan fingerprint density at radius 1 is 0.882 bits per heavy atom. The molecule has 1 saturated carbocycles. The van der Waals surface area contributed by atoms with E-state index in [9.17, 15) is 14.4 Å². The van der Waals surface area contributed by atoms with Gasteiger partial charge in [0.05, 0.1) is 0 Å². The third-order valence-corrected chi connectivity index (χ3v) is 6.13. The van der Waals surface area contributed by atoms with E-state index in [0.717, 1.165) is 30.4 Å². The van der Waals surface area contributed by atoms with Crippen LogP contribution in [0.25, 0.3) is 0 Å². The number of benzene rings is 2. The molecule has 1 fully saturated rings. The Balaban J connectivity index is 1.53. The number of carbonyl (C=O) groups excluding carboxylic acids is 3. The highest BCUT2D eigenvalue weighted by molar-refractivity contribution is 5.83. The number of ether oxygens (including phenoxy) is 2. The lowest BCUT2D eigenvalue weighted by atomic mass is 9.86. The predicted octanol–water partition coefficient (Wildman–Crippen LogP) is 4.50. The van der Waals surface area contributed by atoms with E-state index in [1.807, 2.05) is 60.7 Å². The first kappa shape index (κ1) is 25.3. The number of carbonyl (C=O) groups is 3. The maximum atomic E-state index is 12.8. The fourth-order valence-electron chi connectivity index (χ4n) is 4.07. The molecule has 2 aromatic rings. The Hall–Kier alpha value is -3.35. The highest BCUT2D eigenvalue weighted by Gasteiger charge is 2.26. The number of esters is 1. The number of alkyl carbamates (subject to hydrolysis) is 1. The van der Waals surface area contributed by atoms with Crippen molar-refractivity contribution in [2.24, 2.45) is 5.92 Å². The van der Waals surface area contributed by atoms with Crippen LogP contribution >= 0.6 is 0 Å². The molecule has 2 amide bonds. The molecule has 0 bridgehead atoms. The summed E-state index contributed by atoms with van der Waals surface area (Å²) in [5.41, 5.74) is 1.67. The maximum absolute atomic E-state index is 12.8. The second kappa shape index (κ2) is 13.4. The first-order valence-electron chi connectivity index (χ1n) is 12.0. The number of rotatable bonds is 10. The van der Waals surface area contributed by atoms with E-state index >= 15 is 0 Å². The second-order valence-electron chi connectivity index (χ2n) is 8.83. The Kier molecular flexibility index (Phi) is 9.95. The smallest absolute Gasteiger partial charge is 0.408 e. The Morgan fingerprint density at radius 2 is 1.47 bits per heavy atom. The molecule has 0 aromatic heterocycles. The summed E-state index contributed by atoms with van der Waals surface area (Å²) in [5, 5.41) is 5.66.